The van der Waals surface area contributed by atoms with E-state index in [0.717, 1.165) is 28.0 Å². The van der Waals surface area contributed by atoms with Crippen LogP contribution in [0.3, 0.4) is 0 Å². The Hall–Kier alpha value is -2.88. The highest BCUT2D eigenvalue weighted by Gasteiger charge is 2.59. The van der Waals surface area contributed by atoms with Crippen molar-refractivity contribution in [2.24, 2.45) is 0 Å². The van der Waals surface area contributed by atoms with Gasteiger partial charge in [0, 0.05) is 0 Å². The van der Waals surface area contributed by atoms with Crippen molar-refractivity contribution >= 4 is 29.1 Å². The molecule has 0 aromatic heterocycles. The third kappa shape index (κ3) is 3.46. The van der Waals surface area contributed by atoms with Gasteiger partial charge in [-0.25, -0.2) is 13.6 Å². The van der Waals surface area contributed by atoms with Gasteiger partial charge in [-0.15, -0.1) is 0 Å². The van der Waals surface area contributed by atoms with Gasteiger partial charge in [0.25, 0.3) is 0 Å². The predicted octanol–water partition coefficient (Wildman–Crippen LogP) is 2.13. The lowest BCUT2D eigenvalue weighted by molar-refractivity contribution is -0.0000243. The summed E-state index contributed by atoms with van der Waals surface area (Å²) in [7, 11) is -2.64. The molecule has 5 rings (SSSR count). The normalized spacial score (nSPS) is 14.9. The van der Waals surface area contributed by atoms with E-state index in [-0.39, 0.29) is 22.5 Å². The average molecular weight is 511 g/mol. The fraction of sp³-hybridized carbons (Fsp3) is 0.0385. The van der Waals surface area contributed by atoms with Crippen LogP contribution in [0.25, 0.3) is 0 Å². The molecule has 1 heterocycles. The summed E-state index contributed by atoms with van der Waals surface area (Å²) in [6.45, 7) is 0. The number of fused-ring (bicyclic) bond motifs is 1. The fourth-order valence-electron chi connectivity index (χ4n) is 4.30. The van der Waals surface area contributed by atoms with Crippen LogP contribution in [0, 0.1) is 11.6 Å². The van der Waals surface area contributed by atoms with Crippen molar-refractivity contribution in [3.05, 3.63) is 126 Å². The van der Waals surface area contributed by atoms with E-state index >= 15 is 0 Å². The second-order valence-corrected chi connectivity index (χ2v) is 10.8. The average Bonchev–Trinajstić information content (AvgIpc) is 3.12. The molecule has 1 atom stereocenters. The van der Waals surface area contributed by atoms with Crippen LogP contribution in [0.15, 0.2) is 103 Å². The molecule has 0 saturated carbocycles. The van der Waals surface area contributed by atoms with Crippen LogP contribution in [0.2, 0.25) is 0 Å². The van der Waals surface area contributed by atoms with Gasteiger partial charge in [-0.05, 0) is 48.5 Å². The van der Waals surface area contributed by atoms with Crippen LogP contribution < -0.4 is 32.9 Å². The maximum atomic E-state index is 14.3. The molecule has 1 aliphatic rings. The highest BCUT2D eigenvalue weighted by Crippen LogP contribution is 2.69. The second kappa shape index (κ2) is 8.93. The number of carbonyl (C=O) groups excluding carboxylic acids is 1. The van der Waals surface area contributed by atoms with Crippen molar-refractivity contribution in [3.63, 3.8) is 0 Å². The van der Waals surface area contributed by atoms with Gasteiger partial charge < -0.3 is 21.7 Å². The molecule has 0 amide bonds. The third-order valence-electron chi connectivity index (χ3n) is 5.64. The Balaban J connectivity index is 0.00000245. The fourth-order valence-corrected chi connectivity index (χ4v) is 8.82. The summed E-state index contributed by atoms with van der Waals surface area (Å²) >= 11 is 0. The Bertz CT molecular complexity index is 1150. The topological polar surface area (TPSA) is 26.3 Å². The molecule has 0 saturated heterocycles. The van der Waals surface area contributed by atoms with E-state index in [9.17, 15) is 13.6 Å². The van der Waals surface area contributed by atoms with Crippen LogP contribution in [-0.4, -0.2) is 5.97 Å². The number of hydrogen-bond acceptors (Lipinski definition) is 2. The second-order valence-electron chi connectivity index (χ2n) is 7.34. The standard InChI is InChI=1S/C26H18F2O2P.BrH/c27-23-16-21-22(17-24(23)28)26(30-25(21)29)31(18-10-4-1-5-11-18,19-12-6-2-7-13-19)20-14-8-3-9-15-20;/h1-17,26H;1H/q+1;/p-1. The summed E-state index contributed by atoms with van der Waals surface area (Å²) in [5.74, 6) is -3.45. The summed E-state index contributed by atoms with van der Waals surface area (Å²) in [4.78, 5) is 12.8. The molecule has 2 nitrogen and oxygen atoms in total. The lowest BCUT2D eigenvalue weighted by atomic mass is 10.1. The lowest BCUT2D eigenvalue weighted by Crippen LogP contribution is -3.00. The summed E-state index contributed by atoms with van der Waals surface area (Å²) in [5, 5.41) is 2.97. The molecular weight excluding hydrogens is 493 g/mol. The van der Waals surface area contributed by atoms with E-state index in [1.165, 1.54) is 0 Å². The molecule has 0 aliphatic carbocycles. The Morgan fingerprint density at radius 2 is 1.06 bits per heavy atom. The Labute approximate surface area is 196 Å². The number of hydrogen-bond donors (Lipinski definition) is 0. The Morgan fingerprint density at radius 1 is 0.656 bits per heavy atom. The zero-order chi connectivity index (χ0) is 21.4. The summed E-state index contributed by atoms with van der Waals surface area (Å²) in [6, 6.07) is 31.6. The van der Waals surface area contributed by atoms with E-state index in [2.05, 4.69) is 0 Å². The monoisotopic (exact) mass is 510 g/mol. The van der Waals surface area contributed by atoms with Gasteiger partial charge in [-0.3, -0.25) is 0 Å². The van der Waals surface area contributed by atoms with Crippen molar-refractivity contribution in [1.82, 2.24) is 0 Å². The Morgan fingerprint density at radius 3 is 1.50 bits per heavy atom. The highest BCUT2D eigenvalue weighted by atomic mass is 79.9. The molecule has 0 bridgehead atoms. The molecule has 160 valence electrons. The van der Waals surface area contributed by atoms with Gasteiger partial charge >= 0.3 is 5.97 Å². The van der Waals surface area contributed by atoms with Gasteiger partial charge in [0.15, 0.2) is 18.9 Å². The smallest absolute Gasteiger partial charge is 0.342 e. The molecule has 6 heteroatoms. The van der Waals surface area contributed by atoms with Crippen molar-refractivity contribution in [1.29, 1.82) is 0 Å². The zero-order valence-electron chi connectivity index (χ0n) is 16.8. The van der Waals surface area contributed by atoms with Crippen molar-refractivity contribution < 1.29 is 35.3 Å². The molecule has 0 N–H and O–H groups in total. The van der Waals surface area contributed by atoms with Crippen LogP contribution in [0.4, 0.5) is 8.78 Å². The number of esters is 1. The van der Waals surface area contributed by atoms with E-state index < -0.39 is 30.7 Å². The number of rotatable bonds is 4. The molecule has 4 aromatic rings. The first-order valence-corrected chi connectivity index (χ1v) is 11.7. The minimum Gasteiger partial charge on any atom is -1.00 e. The molecule has 1 unspecified atom stereocenters. The van der Waals surface area contributed by atoms with Crippen LogP contribution in [0.1, 0.15) is 21.8 Å². The quantitative estimate of drug-likeness (QED) is 0.310. The van der Waals surface area contributed by atoms with Gasteiger partial charge in [0.2, 0.25) is 5.85 Å². The van der Waals surface area contributed by atoms with E-state index in [1.807, 2.05) is 91.0 Å². The first-order valence-electron chi connectivity index (χ1n) is 9.88. The van der Waals surface area contributed by atoms with Crippen molar-refractivity contribution in [2.75, 3.05) is 0 Å². The van der Waals surface area contributed by atoms with Crippen LogP contribution in [-0.2, 0) is 4.74 Å². The van der Waals surface area contributed by atoms with Gasteiger partial charge in [0.1, 0.15) is 15.9 Å². The molecular formula is C26H18BrF2O2P. The summed E-state index contributed by atoms with van der Waals surface area (Å²) in [5.41, 5.74) is 0.463. The molecule has 0 fully saturated rings. The Kier molecular flexibility index (Phi) is 6.23. The number of benzene rings is 4. The minimum atomic E-state index is -2.64. The van der Waals surface area contributed by atoms with E-state index in [4.69, 9.17) is 4.74 Å². The maximum absolute atomic E-state index is 14.3. The van der Waals surface area contributed by atoms with E-state index in [0.29, 0.717) is 5.56 Å². The van der Waals surface area contributed by atoms with Gasteiger partial charge in [-0.1, -0.05) is 54.6 Å². The number of carbonyl (C=O) groups is 1. The van der Waals surface area contributed by atoms with Gasteiger partial charge in [0.05, 0.1) is 11.1 Å². The van der Waals surface area contributed by atoms with E-state index in [1.54, 1.807) is 0 Å². The highest BCUT2D eigenvalue weighted by molar-refractivity contribution is 7.95. The summed E-state index contributed by atoms with van der Waals surface area (Å²) < 4.78 is 34.3. The zero-order valence-corrected chi connectivity index (χ0v) is 19.3. The number of cyclic esters (lactones) is 1. The number of halogens is 3. The van der Waals surface area contributed by atoms with Gasteiger partial charge in [-0.2, -0.15) is 0 Å². The molecule has 32 heavy (non-hydrogen) atoms. The lowest BCUT2D eigenvalue weighted by Gasteiger charge is -2.31. The molecule has 1 aliphatic heterocycles. The first-order chi connectivity index (χ1) is 15.1. The third-order valence-corrected chi connectivity index (χ3v) is 10.1. The minimum absolute atomic E-state index is 0. The molecule has 0 spiro atoms. The number of ether oxygens (including phenoxy) is 1. The van der Waals surface area contributed by atoms with Crippen molar-refractivity contribution in [3.8, 4) is 0 Å². The van der Waals surface area contributed by atoms with Crippen molar-refractivity contribution in [2.45, 2.75) is 5.85 Å². The summed E-state index contributed by atoms with van der Waals surface area (Å²) in [6.07, 6.45) is 0. The SMILES string of the molecule is O=C1OC([P+](c2ccccc2)(c2ccccc2)c2ccccc2)c2cc(F)c(F)cc21.[Br-]. The van der Waals surface area contributed by atoms with Crippen LogP contribution in [0.5, 0.6) is 0 Å². The maximum Gasteiger partial charge on any atom is 0.342 e. The molecule has 4 aromatic carbocycles. The largest absolute Gasteiger partial charge is 1.00 e. The molecule has 0 radical (unpaired) electrons. The predicted molar refractivity (Wildman–Crippen MR) is 120 cm³/mol. The van der Waals surface area contributed by atoms with Crippen LogP contribution >= 0.6 is 7.26 Å². The first kappa shape index (κ1) is 22.3.